The highest BCUT2D eigenvalue weighted by molar-refractivity contribution is 5.49. The molecule has 0 radical (unpaired) electrons. The highest BCUT2D eigenvalue weighted by atomic mass is 14.9. The van der Waals surface area contributed by atoms with Gasteiger partial charge in [-0.25, -0.2) is 0 Å². The molecule has 0 aliphatic carbocycles. The predicted octanol–water partition coefficient (Wildman–Crippen LogP) is 1.62. The van der Waals surface area contributed by atoms with Crippen molar-refractivity contribution in [3.05, 3.63) is 24.0 Å². The first-order chi connectivity index (χ1) is 6.38. The van der Waals surface area contributed by atoms with Gasteiger partial charge in [0, 0.05) is 36.7 Å². The first-order valence-electron chi connectivity index (χ1n) is 4.76. The second-order valence-corrected chi connectivity index (χ2v) is 2.84. The van der Waals surface area contributed by atoms with Crippen molar-refractivity contribution in [2.45, 2.75) is 20.4 Å². The van der Waals surface area contributed by atoms with Crippen molar-refractivity contribution in [2.75, 3.05) is 18.4 Å². The molecule has 0 unspecified atom stereocenters. The van der Waals surface area contributed by atoms with E-state index in [1.54, 1.807) is 0 Å². The third-order valence-electron chi connectivity index (χ3n) is 1.84. The van der Waals surface area contributed by atoms with E-state index in [0.29, 0.717) is 0 Å². The Bertz CT molecular complexity index is 248. The number of hydrogen-bond acceptors (Lipinski definition) is 3. The van der Waals surface area contributed by atoms with Crippen molar-refractivity contribution < 1.29 is 0 Å². The van der Waals surface area contributed by atoms with Crippen LogP contribution in [0.3, 0.4) is 0 Å². The summed E-state index contributed by atoms with van der Waals surface area (Å²) in [5.41, 5.74) is 2.41. The van der Waals surface area contributed by atoms with Gasteiger partial charge in [-0.15, -0.1) is 0 Å². The lowest BCUT2D eigenvalue weighted by Gasteiger charge is -2.09. The van der Waals surface area contributed by atoms with Crippen molar-refractivity contribution in [1.29, 1.82) is 0 Å². The lowest BCUT2D eigenvalue weighted by Crippen LogP contribution is -2.13. The summed E-state index contributed by atoms with van der Waals surface area (Å²) in [5.74, 6) is 0. The van der Waals surface area contributed by atoms with E-state index in [9.17, 15) is 0 Å². The van der Waals surface area contributed by atoms with Crippen molar-refractivity contribution in [3.8, 4) is 0 Å². The molecule has 3 nitrogen and oxygen atoms in total. The zero-order valence-corrected chi connectivity index (χ0v) is 8.30. The van der Waals surface area contributed by atoms with Gasteiger partial charge in [0.2, 0.25) is 0 Å². The molecular weight excluding hydrogens is 162 g/mol. The van der Waals surface area contributed by atoms with E-state index in [1.807, 2.05) is 18.5 Å². The van der Waals surface area contributed by atoms with Gasteiger partial charge in [0.25, 0.3) is 0 Å². The van der Waals surface area contributed by atoms with Crippen LogP contribution >= 0.6 is 0 Å². The standard InChI is InChI=1S/C10H17N3/c1-3-11-7-9-8-12-6-5-10(9)13-4-2/h5-6,8,11H,3-4,7H2,1-2H3,(H,12,13). The van der Waals surface area contributed by atoms with Crippen LogP contribution in [-0.4, -0.2) is 18.1 Å². The molecule has 0 saturated carbocycles. The fourth-order valence-corrected chi connectivity index (χ4v) is 1.19. The van der Waals surface area contributed by atoms with Gasteiger partial charge >= 0.3 is 0 Å². The van der Waals surface area contributed by atoms with E-state index in [4.69, 9.17) is 0 Å². The van der Waals surface area contributed by atoms with Gasteiger partial charge in [-0.05, 0) is 19.5 Å². The van der Waals surface area contributed by atoms with Crippen molar-refractivity contribution in [3.63, 3.8) is 0 Å². The average molecular weight is 179 g/mol. The first-order valence-corrected chi connectivity index (χ1v) is 4.76. The molecule has 72 valence electrons. The van der Waals surface area contributed by atoms with E-state index < -0.39 is 0 Å². The molecule has 0 fully saturated rings. The first kappa shape index (κ1) is 9.99. The maximum atomic E-state index is 4.10. The molecule has 1 heterocycles. The van der Waals surface area contributed by atoms with Crippen molar-refractivity contribution in [2.24, 2.45) is 0 Å². The average Bonchev–Trinajstić information content (AvgIpc) is 2.17. The maximum Gasteiger partial charge on any atom is 0.0416 e. The molecule has 1 aromatic heterocycles. The Morgan fingerprint density at radius 3 is 2.85 bits per heavy atom. The molecule has 0 aliphatic heterocycles. The number of anilines is 1. The Morgan fingerprint density at radius 1 is 1.31 bits per heavy atom. The van der Waals surface area contributed by atoms with Gasteiger partial charge in [-0.2, -0.15) is 0 Å². The molecule has 0 amide bonds. The SMILES string of the molecule is CCNCc1cnccc1NCC. The number of aromatic nitrogens is 1. The van der Waals surface area contributed by atoms with Gasteiger partial charge in [0.15, 0.2) is 0 Å². The molecule has 0 saturated heterocycles. The van der Waals surface area contributed by atoms with Gasteiger partial charge in [0.05, 0.1) is 0 Å². The van der Waals surface area contributed by atoms with Crippen LogP contribution in [0.2, 0.25) is 0 Å². The fourth-order valence-electron chi connectivity index (χ4n) is 1.19. The summed E-state index contributed by atoms with van der Waals surface area (Å²) in [6.07, 6.45) is 3.72. The highest BCUT2D eigenvalue weighted by Gasteiger charge is 1.98. The summed E-state index contributed by atoms with van der Waals surface area (Å²) in [5, 5.41) is 6.59. The van der Waals surface area contributed by atoms with Crippen LogP contribution in [0.1, 0.15) is 19.4 Å². The highest BCUT2D eigenvalue weighted by Crippen LogP contribution is 2.12. The number of rotatable bonds is 5. The molecule has 0 aliphatic rings. The monoisotopic (exact) mass is 179 g/mol. The topological polar surface area (TPSA) is 37.0 Å². The second kappa shape index (κ2) is 5.54. The summed E-state index contributed by atoms with van der Waals surface area (Å²) in [4.78, 5) is 4.10. The molecule has 2 N–H and O–H groups in total. The smallest absolute Gasteiger partial charge is 0.0416 e. The maximum absolute atomic E-state index is 4.10. The van der Waals surface area contributed by atoms with Crippen LogP contribution in [0, 0.1) is 0 Å². The Labute approximate surface area is 79.6 Å². The Morgan fingerprint density at radius 2 is 2.15 bits per heavy atom. The van der Waals surface area contributed by atoms with Gasteiger partial charge < -0.3 is 10.6 Å². The number of nitrogens with one attached hydrogen (secondary N) is 2. The molecule has 1 aromatic rings. The van der Waals surface area contributed by atoms with E-state index >= 15 is 0 Å². The molecule has 0 atom stereocenters. The van der Waals surface area contributed by atoms with Crippen LogP contribution in [0.5, 0.6) is 0 Å². The minimum absolute atomic E-state index is 0.882. The summed E-state index contributed by atoms with van der Waals surface area (Å²) < 4.78 is 0. The molecule has 0 bridgehead atoms. The zero-order chi connectivity index (χ0) is 9.52. The minimum Gasteiger partial charge on any atom is -0.385 e. The lowest BCUT2D eigenvalue weighted by molar-refractivity contribution is 0.725. The fraction of sp³-hybridized carbons (Fsp3) is 0.500. The molecule has 0 spiro atoms. The van der Waals surface area contributed by atoms with Crippen molar-refractivity contribution in [1.82, 2.24) is 10.3 Å². The van der Waals surface area contributed by atoms with E-state index in [1.165, 1.54) is 11.3 Å². The molecule has 0 aromatic carbocycles. The summed E-state index contributed by atoms with van der Waals surface area (Å²) >= 11 is 0. The summed E-state index contributed by atoms with van der Waals surface area (Å²) in [7, 11) is 0. The largest absolute Gasteiger partial charge is 0.385 e. The van der Waals surface area contributed by atoms with E-state index in [0.717, 1.165) is 19.6 Å². The van der Waals surface area contributed by atoms with Gasteiger partial charge in [-0.3, -0.25) is 4.98 Å². The molecule has 1 rings (SSSR count). The van der Waals surface area contributed by atoms with Crippen LogP contribution in [0.25, 0.3) is 0 Å². The van der Waals surface area contributed by atoms with Crippen LogP contribution in [-0.2, 0) is 6.54 Å². The Balaban J connectivity index is 2.66. The molecular formula is C10H17N3. The number of hydrogen-bond donors (Lipinski definition) is 2. The summed E-state index contributed by atoms with van der Waals surface area (Å²) in [6.45, 7) is 7.01. The number of pyridine rings is 1. The molecule has 3 heteroatoms. The molecule has 13 heavy (non-hydrogen) atoms. The van der Waals surface area contributed by atoms with Gasteiger partial charge in [0.1, 0.15) is 0 Å². The van der Waals surface area contributed by atoms with E-state index in [2.05, 4.69) is 29.5 Å². The van der Waals surface area contributed by atoms with Crippen LogP contribution in [0.4, 0.5) is 5.69 Å². The normalized spacial score (nSPS) is 10.0. The van der Waals surface area contributed by atoms with Crippen LogP contribution in [0.15, 0.2) is 18.5 Å². The minimum atomic E-state index is 0.882. The van der Waals surface area contributed by atoms with Crippen molar-refractivity contribution >= 4 is 5.69 Å². The quantitative estimate of drug-likeness (QED) is 0.721. The van der Waals surface area contributed by atoms with E-state index in [-0.39, 0.29) is 0 Å². The van der Waals surface area contributed by atoms with Crippen LogP contribution < -0.4 is 10.6 Å². The zero-order valence-electron chi connectivity index (χ0n) is 8.30. The Hall–Kier alpha value is -1.09. The third-order valence-corrected chi connectivity index (χ3v) is 1.84. The summed E-state index contributed by atoms with van der Waals surface area (Å²) in [6, 6.07) is 2.01. The lowest BCUT2D eigenvalue weighted by atomic mass is 10.2. The van der Waals surface area contributed by atoms with Gasteiger partial charge in [-0.1, -0.05) is 6.92 Å². The second-order valence-electron chi connectivity index (χ2n) is 2.84. The predicted molar refractivity (Wildman–Crippen MR) is 55.8 cm³/mol. The number of nitrogens with zero attached hydrogens (tertiary/aromatic N) is 1. The Kier molecular flexibility index (Phi) is 4.26. The third kappa shape index (κ3) is 3.03.